The van der Waals surface area contributed by atoms with Crippen LogP contribution in [0.15, 0.2) is 30.3 Å². The van der Waals surface area contributed by atoms with Crippen molar-refractivity contribution in [1.82, 2.24) is 0 Å². The monoisotopic (exact) mass is 311 g/mol. The molecule has 0 fully saturated rings. The Balaban J connectivity index is 2.41. The van der Waals surface area contributed by atoms with Crippen LogP contribution in [0, 0.1) is 6.92 Å². The number of aryl methyl sites for hydroxylation is 1. The number of carbonyl (C=O) groups excluding carboxylic acids is 1. The maximum atomic E-state index is 12.1. The minimum absolute atomic E-state index is 0.235. The van der Waals surface area contributed by atoms with Crippen molar-refractivity contribution in [2.75, 3.05) is 5.32 Å². The van der Waals surface area contributed by atoms with Crippen LogP contribution in [0.2, 0.25) is 10.0 Å². The van der Waals surface area contributed by atoms with Crippen molar-refractivity contribution in [2.24, 2.45) is 0 Å². The third kappa shape index (κ3) is 2.66. The van der Waals surface area contributed by atoms with Gasteiger partial charge in [0.2, 0.25) is 0 Å². The zero-order valence-corrected chi connectivity index (χ0v) is 12.0. The second kappa shape index (κ2) is 5.61. The van der Waals surface area contributed by atoms with Gasteiger partial charge in [0.15, 0.2) is 0 Å². The van der Waals surface area contributed by atoms with E-state index in [9.17, 15) is 15.0 Å². The first-order chi connectivity index (χ1) is 9.41. The molecule has 2 aromatic rings. The van der Waals surface area contributed by atoms with E-state index in [1.54, 1.807) is 19.1 Å². The third-order valence-electron chi connectivity index (χ3n) is 2.77. The molecular formula is C14H11Cl2NO3. The summed E-state index contributed by atoms with van der Waals surface area (Å²) in [6.07, 6.45) is 0. The lowest BCUT2D eigenvalue weighted by Gasteiger charge is -2.12. The molecule has 0 unspecified atom stereocenters. The van der Waals surface area contributed by atoms with Gasteiger partial charge in [-0.15, -0.1) is 0 Å². The molecule has 0 heterocycles. The molecule has 0 aliphatic heterocycles. The molecule has 0 spiro atoms. The van der Waals surface area contributed by atoms with E-state index >= 15 is 0 Å². The second-order valence-corrected chi connectivity index (χ2v) is 4.96. The van der Waals surface area contributed by atoms with Gasteiger partial charge in [0.05, 0.1) is 15.7 Å². The molecule has 0 saturated carbocycles. The number of halogens is 2. The van der Waals surface area contributed by atoms with Crippen LogP contribution >= 0.6 is 23.2 Å². The normalized spacial score (nSPS) is 10.3. The van der Waals surface area contributed by atoms with Crippen molar-refractivity contribution < 1.29 is 15.0 Å². The van der Waals surface area contributed by atoms with E-state index in [4.69, 9.17) is 23.2 Å². The fourth-order valence-electron chi connectivity index (χ4n) is 1.71. The summed E-state index contributed by atoms with van der Waals surface area (Å²) in [7, 11) is 0. The predicted molar refractivity (Wildman–Crippen MR) is 78.9 cm³/mol. The highest BCUT2D eigenvalue weighted by atomic mass is 35.5. The Kier molecular flexibility index (Phi) is 4.06. The van der Waals surface area contributed by atoms with Crippen LogP contribution < -0.4 is 5.32 Å². The number of anilines is 1. The van der Waals surface area contributed by atoms with Gasteiger partial charge in [0.25, 0.3) is 5.91 Å². The Morgan fingerprint density at radius 1 is 1.10 bits per heavy atom. The first-order valence-electron chi connectivity index (χ1n) is 5.68. The summed E-state index contributed by atoms with van der Waals surface area (Å²) in [5.74, 6) is -1.36. The van der Waals surface area contributed by atoms with Gasteiger partial charge in [-0.25, -0.2) is 0 Å². The van der Waals surface area contributed by atoms with Crippen LogP contribution in [-0.2, 0) is 0 Å². The quantitative estimate of drug-likeness (QED) is 0.786. The SMILES string of the molecule is Cc1ccc(Cl)c(NC(=O)c2c(O)cccc2O)c1Cl. The lowest BCUT2D eigenvalue weighted by molar-refractivity contribution is 0.102. The Hall–Kier alpha value is -1.91. The number of hydrogen-bond acceptors (Lipinski definition) is 3. The van der Waals surface area contributed by atoms with Crippen molar-refractivity contribution >= 4 is 34.8 Å². The average Bonchev–Trinajstić information content (AvgIpc) is 2.39. The molecule has 20 heavy (non-hydrogen) atoms. The first kappa shape index (κ1) is 14.5. The molecule has 4 nitrogen and oxygen atoms in total. The molecular weight excluding hydrogens is 301 g/mol. The van der Waals surface area contributed by atoms with Crippen LogP contribution in [0.1, 0.15) is 15.9 Å². The number of rotatable bonds is 2. The number of aromatic hydroxyl groups is 2. The molecule has 0 aliphatic carbocycles. The predicted octanol–water partition coefficient (Wildman–Crippen LogP) is 3.97. The van der Waals surface area contributed by atoms with E-state index < -0.39 is 5.91 Å². The second-order valence-electron chi connectivity index (χ2n) is 4.18. The van der Waals surface area contributed by atoms with E-state index in [2.05, 4.69) is 5.32 Å². The van der Waals surface area contributed by atoms with E-state index in [1.165, 1.54) is 18.2 Å². The largest absolute Gasteiger partial charge is 0.507 e. The molecule has 0 atom stereocenters. The number of nitrogens with one attached hydrogen (secondary N) is 1. The summed E-state index contributed by atoms with van der Waals surface area (Å²) in [6, 6.07) is 7.34. The van der Waals surface area contributed by atoms with E-state index in [-0.39, 0.29) is 27.8 Å². The van der Waals surface area contributed by atoms with Gasteiger partial charge in [-0.05, 0) is 30.7 Å². The van der Waals surface area contributed by atoms with Gasteiger partial charge in [0.1, 0.15) is 17.1 Å². The minimum atomic E-state index is -0.699. The van der Waals surface area contributed by atoms with Crippen LogP contribution in [0.5, 0.6) is 11.5 Å². The summed E-state index contributed by atoms with van der Waals surface area (Å²) >= 11 is 12.1. The summed E-state index contributed by atoms with van der Waals surface area (Å²) < 4.78 is 0. The van der Waals surface area contributed by atoms with Crippen molar-refractivity contribution in [3.05, 3.63) is 51.5 Å². The highest BCUT2D eigenvalue weighted by Crippen LogP contribution is 2.34. The van der Waals surface area contributed by atoms with Gasteiger partial charge in [-0.2, -0.15) is 0 Å². The van der Waals surface area contributed by atoms with E-state index in [1.807, 2.05) is 0 Å². The van der Waals surface area contributed by atoms with Crippen LogP contribution in [0.4, 0.5) is 5.69 Å². The minimum Gasteiger partial charge on any atom is -0.507 e. The maximum Gasteiger partial charge on any atom is 0.263 e. The van der Waals surface area contributed by atoms with Crippen LogP contribution in [0.25, 0.3) is 0 Å². The fraction of sp³-hybridized carbons (Fsp3) is 0.0714. The molecule has 1 amide bonds. The number of carbonyl (C=O) groups is 1. The zero-order chi connectivity index (χ0) is 14.9. The van der Waals surface area contributed by atoms with Crippen molar-refractivity contribution in [2.45, 2.75) is 6.92 Å². The molecule has 3 N–H and O–H groups in total. The summed E-state index contributed by atoms with van der Waals surface area (Å²) in [5.41, 5.74) is 0.745. The topological polar surface area (TPSA) is 69.6 Å². The zero-order valence-electron chi connectivity index (χ0n) is 10.4. The Morgan fingerprint density at radius 2 is 1.70 bits per heavy atom. The first-order valence-corrected chi connectivity index (χ1v) is 6.44. The molecule has 104 valence electrons. The Bertz CT molecular complexity index is 666. The lowest BCUT2D eigenvalue weighted by atomic mass is 10.1. The molecule has 0 aromatic heterocycles. The molecule has 0 saturated heterocycles. The van der Waals surface area contributed by atoms with Crippen LogP contribution in [0.3, 0.4) is 0 Å². The smallest absolute Gasteiger partial charge is 0.263 e. The number of hydrogen-bond donors (Lipinski definition) is 3. The van der Waals surface area contributed by atoms with Gasteiger partial charge < -0.3 is 15.5 Å². The average molecular weight is 312 g/mol. The molecule has 2 rings (SSSR count). The summed E-state index contributed by atoms with van der Waals surface area (Å²) in [5, 5.41) is 22.4. The van der Waals surface area contributed by atoms with Gasteiger partial charge in [-0.3, -0.25) is 4.79 Å². The highest BCUT2D eigenvalue weighted by Gasteiger charge is 2.19. The number of benzene rings is 2. The Morgan fingerprint density at radius 3 is 2.30 bits per heavy atom. The third-order valence-corrected chi connectivity index (χ3v) is 3.57. The maximum absolute atomic E-state index is 12.1. The highest BCUT2D eigenvalue weighted by molar-refractivity contribution is 6.40. The summed E-state index contributed by atoms with van der Waals surface area (Å²) in [6.45, 7) is 1.77. The Labute approximate surface area is 125 Å². The molecule has 6 heteroatoms. The number of amides is 1. The standard InChI is InChI=1S/C14H11Cl2NO3/c1-7-5-6-8(15)13(12(7)16)17-14(20)11-9(18)3-2-4-10(11)19/h2-6,18-19H,1H3,(H,17,20). The number of phenols is 2. The van der Waals surface area contributed by atoms with Crippen LogP contribution in [-0.4, -0.2) is 16.1 Å². The van der Waals surface area contributed by atoms with Gasteiger partial charge >= 0.3 is 0 Å². The van der Waals surface area contributed by atoms with Gasteiger partial charge in [-0.1, -0.05) is 35.3 Å². The lowest BCUT2D eigenvalue weighted by Crippen LogP contribution is -2.13. The van der Waals surface area contributed by atoms with Gasteiger partial charge in [0, 0.05) is 0 Å². The molecule has 0 radical (unpaired) electrons. The van der Waals surface area contributed by atoms with E-state index in [0.717, 1.165) is 5.56 Å². The number of phenolic OH excluding ortho intramolecular Hbond substituents is 2. The molecule has 0 bridgehead atoms. The molecule has 2 aromatic carbocycles. The van der Waals surface area contributed by atoms with Crippen molar-refractivity contribution in [3.63, 3.8) is 0 Å². The fourth-order valence-corrected chi connectivity index (χ4v) is 2.17. The molecule has 0 aliphatic rings. The van der Waals surface area contributed by atoms with Crippen molar-refractivity contribution in [3.8, 4) is 11.5 Å². The van der Waals surface area contributed by atoms with E-state index in [0.29, 0.717) is 5.02 Å². The van der Waals surface area contributed by atoms with Crippen molar-refractivity contribution in [1.29, 1.82) is 0 Å². The summed E-state index contributed by atoms with van der Waals surface area (Å²) in [4.78, 5) is 12.1.